The van der Waals surface area contributed by atoms with Crippen LogP contribution in [0.4, 0.5) is 16.2 Å². The molecule has 0 spiro atoms. The lowest BCUT2D eigenvalue weighted by molar-refractivity contribution is 0.134. The minimum Gasteiger partial charge on any atom is -0.472 e. The van der Waals surface area contributed by atoms with Crippen LogP contribution >= 0.6 is 0 Å². The lowest BCUT2D eigenvalue weighted by Crippen LogP contribution is -2.45. The monoisotopic (exact) mass is 413 g/mol. The fraction of sp³-hybridized carbons (Fsp3) is 0.250. The Kier molecular flexibility index (Phi) is 6.38. The number of rotatable bonds is 5. The number of hydrogen-bond acceptors (Lipinski definition) is 5. The SMILES string of the molecule is N#Cc1nccnc1OC1CCC(NC(=O)N(c2ccccc2)c2ccccc2)CC1. The van der Waals surface area contributed by atoms with E-state index in [0.29, 0.717) is 0 Å². The molecule has 0 atom stereocenters. The summed E-state index contributed by atoms with van der Waals surface area (Å²) in [5, 5.41) is 12.3. The van der Waals surface area contributed by atoms with Gasteiger partial charge in [0, 0.05) is 18.4 Å². The molecular weight excluding hydrogens is 390 g/mol. The molecule has 0 radical (unpaired) electrons. The highest BCUT2D eigenvalue weighted by Crippen LogP contribution is 2.27. The zero-order chi connectivity index (χ0) is 21.5. The molecule has 1 heterocycles. The molecule has 156 valence electrons. The van der Waals surface area contributed by atoms with Gasteiger partial charge >= 0.3 is 6.03 Å². The van der Waals surface area contributed by atoms with Gasteiger partial charge in [0.1, 0.15) is 12.2 Å². The minimum atomic E-state index is -0.150. The quantitative estimate of drug-likeness (QED) is 0.661. The molecule has 4 rings (SSSR count). The summed E-state index contributed by atoms with van der Waals surface area (Å²) in [5.74, 6) is 0.275. The Labute approximate surface area is 181 Å². The van der Waals surface area contributed by atoms with Crippen molar-refractivity contribution in [3.8, 4) is 11.9 Å². The molecule has 7 nitrogen and oxygen atoms in total. The van der Waals surface area contributed by atoms with Crippen molar-refractivity contribution in [2.24, 2.45) is 0 Å². The van der Waals surface area contributed by atoms with Gasteiger partial charge in [0.15, 0.2) is 0 Å². The average Bonchev–Trinajstić information content (AvgIpc) is 2.82. The third-order valence-corrected chi connectivity index (χ3v) is 5.28. The van der Waals surface area contributed by atoms with Crippen LogP contribution in [0.5, 0.6) is 5.88 Å². The topological polar surface area (TPSA) is 91.1 Å². The molecule has 7 heteroatoms. The molecule has 1 aliphatic carbocycles. The van der Waals surface area contributed by atoms with Crippen LogP contribution in [0.1, 0.15) is 31.4 Å². The lowest BCUT2D eigenvalue weighted by Gasteiger charge is -2.31. The molecule has 1 N–H and O–H groups in total. The van der Waals surface area contributed by atoms with Crippen molar-refractivity contribution in [1.82, 2.24) is 15.3 Å². The molecule has 1 saturated carbocycles. The number of carbonyl (C=O) groups is 1. The van der Waals surface area contributed by atoms with Crippen LogP contribution in [0.3, 0.4) is 0 Å². The summed E-state index contributed by atoms with van der Waals surface area (Å²) in [6, 6.07) is 21.1. The summed E-state index contributed by atoms with van der Waals surface area (Å²) in [6.07, 6.45) is 6.06. The van der Waals surface area contributed by atoms with Gasteiger partial charge in [0.05, 0.1) is 11.4 Å². The smallest absolute Gasteiger partial charge is 0.326 e. The number of benzene rings is 2. The number of urea groups is 1. The van der Waals surface area contributed by atoms with Crippen molar-refractivity contribution in [2.45, 2.75) is 37.8 Å². The number of amides is 2. The number of ether oxygens (including phenoxy) is 1. The van der Waals surface area contributed by atoms with Crippen molar-refractivity contribution < 1.29 is 9.53 Å². The van der Waals surface area contributed by atoms with E-state index in [2.05, 4.69) is 15.3 Å². The van der Waals surface area contributed by atoms with Gasteiger partial charge in [-0.05, 0) is 49.9 Å². The number of nitrogens with zero attached hydrogens (tertiary/aromatic N) is 4. The Morgan fingerprint density at radius 1 is 0.935 bits per heavy atom. The Morgan fingerprint density at radius 3 is 2.10 bits per heavy atom. The average molecular weight is 413 g/mol. The van der Waals surface area contributed by atoms with E-state index in [1.807, 2.05) is 66.7 Å². The molecule has 1 aliphatic rings. The molecule has 0 bridgehead atoms. The van der Waals surface area contributed by atoms with Gasteiger partial charge in [-0.1, -0.05) is 36.4 Å². The summed E-state index contributed by atoms with van der Waals surface area (Å²) in [6.45, 7) is 0. The predicted molar refractivity (Wildman–Crippen MR) is 117 cm³/mol. The van der Waals surface area contributed by atoms with E-state index in [9.17, 15) is 4.79 Å². The number of anilines is 2. The van der Waals surface area contributed by atoms with E-state index in [0.717, 1.165) is 37.1 Å². The van der Waals surface area contributed by atoms with Gasteiger partial charge in [-0.3, -0.25) is 4.90 Å². The van der Waals surface area contributed by atoms with Gasteiger partial charge in [-0.15, -0.1) is 0 Å². The van der Waals surface area contributed by atoms with Gasteiger partial charge in [0.2, 0.25) is 5.69 Å². The van der Waals surface area contributed by atoms with E-state index < -0.39 is 0 Å². The standard InChI is InChI=1S/C24H23N5O2/c25-17-22-23(27-16-15-26-22)31-21-13-11-18(12-14-21)28-24(30)29(19-7-3-1-4-8-19)20-9-5-2-6-10-20/h1-10,15-16,18,21H,11-14H2,(H,28,30). The molecule has 2 aromatic carbocycles. The van der Waals surface area contributed by atoms with Crippen LogP contribution < -0.4 is 15.0 Å². The maximum atomic E-state index is 13.2. The van der Waals surface area contributed by atoms with E-state index in [1.165, 1.54) is 12.4 Å². The van der Waals surface area contributed by atoms with Crippen LogP contribution in [-0.4, -0.2) is 28.1 Å². The zero-order valence-electron chi connectivity index (χ0n) is 17.0. The summed E-state index contributed by atoms with van der Waals surface area (Å²) in [4.78, 5) is 23.0. The van der Waals surface area contributed by atoms with Gasteiger partial charge in [0.25, 0.3) is 5.88 Å². The number of nitriles is 1. The Balaban J connectivity index is 1.39. The van der Waals surface area contributed by atoms with Crippen molar-refractivity contribution >= 4 is 17.4 Å². The number of aromatic nitrogens is 2. The van der Waals surface area contributed by atoms with Crippen molar-refractivity contribution in [3.63, 3.8) is 0 Å². The first kappa shape index (κ1) is 20.4. The Bertz CT molecular complexity index is 1000. The van der Waals surface area contributed by atoms with Crippen molar-refractivity contribution in [2.75, 3.05) is 4.90 Å². The molecule has 2 amide bonds. The molecule has 0 saturated heterocycles. The molecule has 1 fully saturated rings. The summed E-state index contributed by atoms with van der Waals surface area (Å²) < 4.78 is 5.90. The van der Waals surface area contributed by atoms with Crippen LogP contribution in [0, 0.1) is 11.3 Å². The van der Waals surface area contributed by atoms with Gasteiger partial charge in [-0.25, -0.2) is 14.8 Å². The Hall–Kier alpha value is -3.92. The highest BCUT2D eigenvalue weighted by Gasteiger charge is 2.27. The van der Waals surface area contributed by atoms with E-state index >= 15 is 0 Å². The zero-order valence-corrected chi connectivity index (χ0v) is 17.0. The summed E-state index contributed by atoms with van der Waals surface area (Å²) in [7, 11) is 0. The van der Waals surface area contributed by atoms with Crippen molar-refractivity contribution in [1.29, 1.82) is 5.26 Å². The number of carbonyl (C=O) groups excluding carboxylic acids is 1. The fourth-order valence-corrected chi connectivity index (χ4v) is 3.75. The van der Waals surface area contributed by atoms with Gasteiger partial charge < -0.3 is 10.1 Å². The van der Waals surface area contributed by atoms with Crippen molar-refractivity contribution in [3.05, 3.63) is 78.8 Å². The number of nitrogens with one attached hydrogen (secondary N) is 1. The second-order valence-electron chi connectivity index (χ2n) is 7.37. The van der Waals surface area contributed by atoms with Crippen LogP contribution in [0.15, 0.2) is 73.1 Å². The van der Waals surface area contributed by atoms with E-state index in [4.69, 9.17) is 10.00 Å². The number of hydrogen-bond donors (Lipinski definition) is 1. The lowest BCUT2D eigenvalue weighted by atomic mass is 9.93. The fourth-order valence-electron chi connectivity index (χ4n) is 3.75. The maximum absolute atomic E-state index is 13.2. The third kappa shape index (κ3) is 4.98. The highest BCUT2D eigenvalue weighted by molar-refractivity contribution is 5.99. The largest absolute Gasteiger partial charge is 0.472 e. The third-order valence-electron chi connectivity index (χ3n) is 5.28. The molecule has 0 aliphatic heterocycles. The first-order valence-corrected chi connectivity index (χ1v) is 10.3. The van der Waals surface area contributed by atoms with E-state index in [-0.39, 0.29) is 29.8 Å². The molecule has 3 aromatic rings. The number of para-hydroxylation sites is 2. The second kappa shape index (κ2) is 9.72. The van der Waals surface area contributed by atoms with Crippen LogP contribution in [0.25, 0.3) is 0 Å². The van der Waals surface area contributed by atoms with Crippen LogP contribution in [-0.2, 0) is 0 Å². The molecule has 31 heavy (non-hydrogen) atoms. The predicted octanol–water partition coefficient (Wildman–Crippen LogP) is 4.59. The Morgan fingerprint density at radius 2 is 1.52 bits per heavy atom. The van der Waals surface area contributed by atoms with Gasteiger partial charge in [-0.2, -0.15) is 5.26 Å². The highest BCUT2D eigenvalue weighted by atomic mass is 16.5. The minimum absolute atomic E-state index is 0.0451. The normalized spacial score (nSPS) is 17.9. The molecule has 1 aromatic heterocycles. The maximum Gasteiger partial charge on any atom is 0.326 e. The summed E-state index contributed by atoms with van der Waals surface area (Å²) >= 11 is 0. The summed E-state index contributed by atoms with van der Waals surface area (Å²) in [5.41, 5.74) is 1.82. The second-order valence-corrected chi connectivity index (χ2v) is 7.37. The molecule has 0 unspecified atom stereocenters. The van der Waals surface area contributed by atoms with Crippen LogP contribution in [0.2, 0.25) is 0 Å². The first-order chi connectivity index (χ1) is 15.2. The first-order valence-electron chi connectivity index (χ1n) is 10.3. The molecular formula is C24H23N5O2. The van der Waals surface area contributed by atoms with E-state index in [1.54, 1.807) is 4.90 Å².